The number of hydrogen-bond acceptors (Lipinski definition) is 3. The van der Waals surface area contributed by atoms with Crippen LogP contribution in [-0.2, 0) is 10.0 Å². The normalized spacial score (nSPS) is 19.5. The molecule has 0 N–H and O–H groups in total. The van der Waals surface area contributed by atoms with E-state index < -0.39 is 10.0 Å². The van der Waals surface area contributed by atoms with Crippen molar-refractivity contribution in [3.05, 3.63) is 17.9 Å². The smallest absolute Gasteiger partial charge is 0.316 e. The Balaban J connectivity index is 2.87. The molecule has 0 saturated carbocycles. The van der Waals surface area contributed by atoms with Gasteiger partial charge in [0.15, 0.2) is 0 Å². The van der Waals surface area contributed by atoms with Crippen molar-refractivity contribution in [3.63, 3.8) is 0 Å². The summed E-state index contributed by atoms with van der Waals surface area (Å²) >= 11 is 0. The van der Waals surface area contributed by atoms with Crippen LogP contribution in [0.3, 0.4) is 0 Å². The highest BCUT2D eigenvalue weighted by Gasteiger charge is 2.29. The number of fused-ring (bicyclic) bond motifs is 1. The van der Waals surface area contributed by atoms with Gasteiger partial charge in [0.2, 0.25) is 5.09 Å². The number of hydrogen-bond donors (Lipinski definition) is 0. The Morgan fingerprint density at radius 3 is 2.91 bits per heavy atom. The fourth-order valence-electron chi connectivity index (χ4n) is 1.03. The maximum Gasteiger partial charge on any atom is 0.316 e. The largest absolute Gasteiger partial charge is 0.451 e. The number of nitrogens with zero attached hydrogens (tertiary/aromatic N) is 1. The maximum absolute atomic E-state index is 11.0. The van der Waals surface area contributed by atoms with Crippen molar-refractivity contribution >= 4 is 15.7 Å². The number of sulfonamides is 1. The van der Waals surface area contributed by atoms with Gasteiger partial charge in [0.25, 0.3) is 0 Å². The van der Waals surface area contributed by atoms with Gasteiger partial charge in [-0.3, -0.25) is 0 Å². The Hall–Kier alpha value is -1.10. The molecule has 0 amide bonds. The molecule has 58 valence electrons. The summed E-state index contributed by atoms with van der Waals surface area (Å²) in [5.74, 6) is 0. The molecule has 4 nitrogen and oxygen atoms in total. The van der Waals surface area contributed by atoms with E-state index in [4.69, 9.17) is 4.42 Å². The molecule has 1 aromatic heterocycles. The zero-order valence-electron chi connectivity index (χ0n) is 5.73. The first-order valence-corrected chi connectivity index (χ1v) is 4.45. The molecule has 0 radical (unpaired) electrons. The van der Waals surface area contributed by atoms with E-state index in [2.05, 4.69) is 4.40 Å². The molecule has 2 heterocycles. The van der Waals surface area contributed by atoms with E-state index in [-0.39, 0.29) is 5.09 Å². The average Bonchev–Trinajstić information content (AvgIpc) is 2.37. The third-order valence-electron chi connectivity index (χ3n) is 1.51. The first-order valence-electron chi connectivity index (χ1n) is 3.01. The lowest BCUT2D eigenvalue weighted by atomic mass is 10.2. The molecule has 1 aliphatic rings. The Kier molecular flexibility index (Phi) is 1.04. The molecule has 1 aromatic rings. The number of furan rings is 1. The van der Waals surface area contributed by atoms with Gasteiger partial charge in [-0.15, -0.1) is 0 Å². The molecular formula is C6H5NO3S. The van der Waals surface area contributed by atoms with Gasteiger partial charge in [-0.1, -0.05) is 0 Å². The van der Waals surface area contributed by atoms with E-state index in [0.717, 1.165) is 0 Å². The van der Waals surface area contributed by atoms with Crippen LogP contribution in [0.15, 0.2) is 26.2 Å². The SMILES string of the molecule is CC1=NS(=O)(=O)c2occc21. The first-order chi connectivity index (χ1) is 5.11. The molecule has 0 unspecified atom stereocenters. The molecule has 0 aromatic carbocycles. The second-order valence-corrected chi connectivity index (χ2v) is 3.78. The van der Waals surface area contributed by atoms with Crippen LogP contribution >= 0.6 is 0 Å². The quantitative estimate of drug-likeness (QED) is 0.579. The van der Waals surface area contributed by atoms with Crippen LogP contribution in [-0.4, -0.2) is 14.1 Å². The van der Waals surface area contributed by atoms with Gasteiger partial charge >= 0.3 is 10.0 Å². The minimum absolute atomic E-state index is 0.0324. The summed E-state index contributed by atoms with van der Waals surface area (Å²) in [6, 6.07) is 1.60. The first kappa shape index (κ1) is 6.60. The molecule has 0 aliphatic carbocycles. The molecular weight excluding hydrogens is 166 g/mol. The Bertz CT molecular complexity index is 426. The summed E-state index contributed by atoms with van der Waals surface area (Å²) in [5, 5.41) is -0.0324. The van der Waals surface area contributed by atoms with Crippen LogP contribution in [0.4, 0.5) is 0 Å². The second kappa shape index (κ2) is 1.73. The van der Waals surface area contributed by atoms with E-state index in [9.17, 15) is 8.42 Å². The summed E-state index contributed by atoms with van der Waals surface area (Å²) in [6.07, 6.45) is 1.35. The Labute approximate surface area is 63.6 Å². The molecule has 1 aliphatic heterocycles. The lowest BCUT2D eigenvalue weighted by Crippen LogP contribution is -1.88. The van der Waals surface area contributed by atoms with Gasteiger partial charge in [-0.05, 0) is 13.0 Å². The van der Waals surface area contributed by atoms with Gasteiger partial charge in [0.1, 0.15) is 0 Å². The maximum atomic E-state index is 11.0. The second-order valence-electron chi connectivity index (χ2n) is 2.27. The van der Waals surface area contributed by atoms with E-state index in [1.54, 1.807) is 13.0 Å². The lowest BCUT2D eigenvalue weighted by molar-refractivity contribution is 0.452. The van der Waals surface area contributed by atoms with Gasteiger partial charge in [-0.2, -0.15) is 12.8 Å². The van der Waals surface area contributed by atoms with Crippen LogP contribution in [0.25, 0.3) is 0 Å². The Morgan fingerprint density at radius 2 is 2.27 bits per heavy atom. The predicted octanol–water partition coefficient (Wildman–Crippen LogP) is 0.791. The summed E-state index contributed by atoms with van der Waals surface area (Å²) in [4.78, 5) is 0. The topological polar surface area (TPSA) is 59.6 Å². The van der Waals surface area contributed by atoms with Gasteiger partial charge < -0.3 is 4.42 Å². The van der Waals surface area contributed by atoms with Crippen molar-refractivity contribution in [3.8, 4) is 0 Å². The van der Waals surface area contributed by atoms with Crippen LogP contribution < -0.4 is 0 Å². The zero-order chi connectivity index (χ0) is 8.06. The van der Waals surface area contributed by atoms with E-state index in [0.29, 0.717) is 11.3 Å². The van der Waals surface area contributed by atoms with E-state index in [1.807, 2.05) is 0 Å². The lowest BCUT2D eigenvalue weighted by Gasteiger charge is -1.83. The summed E-state index contributed by atoms with van der Waals surface area (Å²) in [5.41, 5.74) is 1.07. The molecule has 2 rings (SSSR count). The monoisotopic (exact) mass is 171 g/mol. The van der Waals surface area contributed by atoms with Gasteiger partial charge in [-0.25, -0.2) is 0 Å². The average molecular weight is 171 g/mol. The minimum Gasteiger partial charge on any atom is -0.451 e. The summed E-state index contributed by atoms with van der Waals surface area (Å²) < 4.78 is 30.3. The number of rotatable bonds is 0. The van der Waals surface area contributed by atoms with Crippen molar-refractivity contribution in [2.45, 2.75) is 12.0 Å². The summed E-state index contributed by atoms with van der Waals surface area (Å²) in [7, 11) is -3.49. The molecule has 0 fully saturated rings. The van der Waals surface area contributed by atoms with Crippen LogP contribution in [0.5, 0.6) is 0 Å². The van der Waals surface area contributed by atoms with Crippen LogP contribution in [0, 0.1) is 0 Å². The highest BCUT2D eigenvalue weighted by Crippen LogP contribution is 2.26. The van der Waals surface area contributed by atoms with E-state index >= 15 is 0 Å². The molecule has 0 bridgehead atoms. The highest BCUT2D eigenvalue weighted by molar-refractivity contribution is 7.90. The predicted molar refractivity (Wildman–Crippen MR) is 38.1 cm³/mol. The van der Waals surface area contributed by atoms with Gasteiger partial charge in [0.05, 0.1) is 17.5 Å². The van der Waals surface area contributed by atoms with Crippen LogP contribution in [0.2, 0.25) is 0 Å². The highest BCUT2D eigenvalue weighted by atomic mass is 32.2. The van der Waals surface area contributed by atoms with Gasteiger partial charge in [0, 0.05) is 0 Å². The van der Waals surface area contributed by atoms with Crippen LogP contribution in [0.1, 0.15) is 12.5 Å². The molecule has 0 saturated heterocycles. The van der Waals surface area contributed by atoms with Crippen molar-refractivity contribution in [1.82, 2.24) is 0 Å². The molecule has 11 heavy (non-hydrogen) atoms. The van der Waals surface area contributed by atoms with Crippen molar-refractivity contribution in [2.24, 2.45) is 4.40 Å². The standard InChI is InChI=1S/C6H5NO3S/c1-4-5-2-3-10-6(5)11(8,9)7-4/h2-3H,1H3. The van der Waals surface area contributed by atoms with E-state index in [1.165, 1.54) is 6.26 Å². The minimum atomic E-state index is -3.49. The molecule has 5 heteroatoms. The fourth-order valence-corrected chi connectivity index (χ4v) is 2.25. The third-order valence-corrected chi connectivity index (χ3v) is 2.81. The van der Waals surface area contributed by atoms with Crippen molar-refractivity contribution < 1.29 is 12.8 Å². The third kappa shape index (κ3) is 0.742. The van der Waals surface area contributed by atoms with Crippen molar-refractivity contribution in [1.29, 1.82) is 0 Å². The Morgan fingerprint density at radius 1 is 1.55 bits per heavy atom. The zero-order valence-corrected chi connectivity index (χ0v) is 6.55. The summed E-state index contributed by atoms with van der Waals surface area (Å²) in [6.45, 7) is 1.64. The van der Waals surface area contributed by atoms with Crippen molar-refractivity contribution in [2.75, 3.05) is 0 Å². The molecule has 0 spiro atoms. The fraction of sp³-hybridized carbons (Fsp3) is 0.167. The molecule has 0 atom stereocenters.